The number of rotatable bonds is 4. The molecule has 22 heavy (non-hydrogen) atoms. The van der Waals surface area contributed by atoms with Crippen LogP contribution in [0, 0.1) is 0 Å². The van der Waals surface area contributed by atoms with E-state index in [4.69, 9.17) is 11.6 Å². The zero-order valence-electron chi connectivity index (χ0n) is 10.9. The van der Waals surface area contributed by atoms with Crippen molar-refractivity contribution in [3.8, 4) is 5.75 Å². The molecule has 2 rings (SSSR count). The molecule has 0 fully saturated rings. The quantitative estimate of drug-likeness (QED) is 0.506. The number of carbonyl (C=O) groups is 1. The highest BCUT2D eigenvalue weighted by molar-refractivity contribution is 9.10. The van der Waals surface area contributed by atoms with Crippen molar-refractivity contribution in [1.82, 2.24) is 0 Å². The van der Waals surface area contributed by atoms with Crippen LogP contribution in [0.25, 0.3) is 0 Å². The van der Waals surface area contributed by atoms with Gasteiger partial charge in [-0.2, -0.15) is 0 Å². The molecule has 2 nitrogen and oxygen atoms in total. The highest BCUT2D eigenvalue weighted by Crippen LogP contribution is 2.34. The van der Waals surface area contributed by atoms with Crippen molar-refractivity contribution in [2.45, 2.75) is 11.7 Å². The molecule has 0 saturated carbocycles. The third-order valence-corrected chi connectivity index (χ3v) is 3.70. The normalized spacial score (nSPS) is 12.8. The number of hydrogen-bond acceptors (Lipinski definition) is 2. The minimum Gasteiger partial charge on any atom is -0.405 e. The van der Waals surface area contributed by atoms with Crippen molar-refractivity contribution in [2.24, 2.45) is 0 Å². The van der Waals surface area contributed by atoms with Crippen LogP contribution in [0.1, 0.15) is 21.3 Å². The molecular weight excluding hydrogens is 385 g/mol. The van der Waals surface area contributed by atoms with Gasteiger partial charge in [-0.05, 0) is 23.8 Å². The Morgan fingerprint density at radius 2 is 1.77 bits per heavy atom. The van der Waals surface area contributed by atoms with Gasteiger partial charge in [0, 0.05) is 4.47 Å². The minimum absolute atomic E-state index is 0.232. The van der Waals surface area contributed by atoms with E-state index in [9.17, 15) is 18.0 Å². The van der Waals surface area contributed by atoms with Crippen LogP contribution in [-0.4, -0.2) is 12.1 Å². The van der Waals surface area contributed by atoms with E-state index >= 15 is 0 Å². The van der Waals surface area contributed by atoms with Gasteiger partial charge in [0.2, 0.25) is 0 Å². The summed E-state index contributed by atoms with van der Waals surface area (Å²) >= 11 is 9.12. The fourth-order valence-corrected chi connectivity index (χ4v) is 2.42. The molecule has 0 aliphatic rings. The van der Waals surface area contributed by atoms with Gasteiger partial charge in [0.15, 0.2) is 5.78 Å². The van der Waals surface area contributed by atoms with Gasteiger partial charge in [0.05, 0.1) is 5.56 Å². The van der Waals surface area contributed by atoms with E-state index in [0.717, 1.165) is 6.07 Å². The van der Waals surface area contributed by atoms with Gasteiger partial charge < -0.3 is 4.74 Å². The van der Waals surface area contributed by atoms with Gasteiger partial charge in [-0.3, -0.25) is 4.79 Å². The van der Waals surface area contributed by atoms with E-state index in [1.807, 2.05) is 0 Å². The molecule has 116 valence electrons. The highest BCUT2D eigenvalue weighted by atomic mass is 79.9. The van der Waals surface area contributed by atoms with E-state index < -0.39 is 23.3 Å². The molecule has 0 N–H and O–H groups in total. The smallest absolute Gasteiger partial charge is 0.405 e. The molecule has 0 saturated heterocycles. The van der Waals surface area contributed by atoms with Crippen molar-refractivity contribution in [3.63, 3.8) is 0 Å². The SMILES string of the molecule is O=C(c1ccc(Br)cc1OC(F)(F)F)C(Cl)c1ccccc1. The van der Waals surface area contributed by atoms with Gasteiger partial charge in [-0.15, -0.1) is 24.8 Å². The Morgan fingerprint density at radius 3 is 2.36 bits per heavy atom. The zero-order valence-corrected chi connectivity index (χ0v) is 13.2. The average Bonchev–Trinajstić information content (AvgIpc) is 2.45. The lowest BCUT2D eigenvalue weighted by Gasteiger charge is -2.15. The molecule has 1 atom stereocenters. The second kappa shape index (κ2) is 6.71. The summed E-state index contributed by atoms with van der Waals surface area (Å²) in [7, 11) is 0. The lowest BCUT2D eigenvalue weighted by Crippen LogP contribution is -2.20. The maximum absolute atomic E-state index is 12.5. The molecule has 0 aromatic heterocycles. The zero-order chi connectivity index (χ0) is 16.3. The summed E-state index contributed by atoms with van der Waals surface area (Å²) in [6, 6.07) is 12.1. The number of benzene rings is 2. The molecule has 2 aromatic carbocycles. The van der Waals surface area contributed by atoms with E-state index in [-0.39, 0.29) is 5.56 Å². The maximum atomic E-state index is 12.5. The van der Waals surface area contributed by atoms with Crippen molar-refractivity contribution in [3.05, 3.63) is 64.1 Å². The summed E-state index contributed by atoms with van der Waals surface area (Å²) in [6.07, 6.45) is -4.90. The first kappa shape index (κ1) is 16.8. The average molecular weight is 394 g/mol. The third-order valence-electron chi connectivity index (χ3n) is 2.76. The monoisotopic (exact) mass is 392 g/mol. The van der Waals surface area contributed by atoms with Gasteiger partial charge in [0.25, 0.3) is 0 Å². The van der Waals surface area contributed by atoms with Crippen LogP contribution in [0.3, 0.4) is 0 Å². The number of hydrogen-bond donors (Lipinski definition) is 0. The van der Waals surface area contributed by atoms with E-state index in [1.165, 1.54) is 12.1 Å². The molecule has 2 aromatic rings. The molecule has 0 heterocycles. The van der Waals surface area contributed by atoms with Crippen LogP contribution >= 0.6 is 27.5 Å². The molecule has 1 unspecified atom stereocenters. The number of carbonyl (C=O) groups excluding carboxylic acids is 1. The van der Waals surface area contributed by atoms with Crippen LogP contribution in [0.4, 0.5) is 13.2 Å². The van der Waals surface area contributed by atoms with Gasteiger partial charge >= 0.3 is 6.36 Å². The largest absolute Gasteiger partial charge is 0.573 e. The Bertz CT molecular complexity index is 674. The maximum Gasteiger partial charge on any atom is 0.573 e. The van der Waals surface area contributed by atoms with Crippen LogP contribution in [0.2, 0.25) is 0 Å². The number of ether oxygens (including phenoxy) is 1. The molecule has 0 aliphatic heterocycles. The summed E-state index contributed by atoms with van der Waals surface area (Å²) in [5, 5.41) is -1.10. The van der Waals surface area contributed by atoms with Crippen molar-refractivity contribution >= 4 is 33.3 Å². The summed E-state index contributed by atoms with van der Waals surface area (Å²) < 4.78 is 41.6. The minimum atomic E-state index is -4.90. The summed E-state index contributed by atoms with van der Waals surface area (Å²) in [5.74, 6) is -1.26. The molecule has 0 spiro atoms. The summed E-state index contributed by atoms with van der Waals surface area (Å²) in [4.78, 5) is 12.4. The molecule has 0 radical (unpaired) electrons. The van der Waals surface area contributed by atoms with E-state index in [1.54, 1.807) is 30.3 Å². The highest BCUT2D eigenvalue weighted by Gasteiger charge is 2.34. The second-order valence-corrected chi connectivity index (χ2v) is 5.68. The Balaban J connectivity index is 2.37. The van der Waals surface area contributed by atoms with Crippen LogP contribution in [0.5, 0.6) is 5.75 Å². The lowest BCUT2D eigenvalue weighted by atomic mass is 10.0. The Kier molecular flexibility index (Phi) is 5.13. The Morgan fingerprint density at radius 1 is 1.14 bits per heavy atom. The predicted octanol–water partition coefficient (Wildman–Crippen LogP) is 5.51. The summed E-state index contributed by atoms with van der Waals surface area (Å²) in [6.45, 7) is 0. The predicted molar refractivity (Wildman–Crippen MR) is 80.2 cm³/mol. The Labute approximate surface area is 138 Å². The number of alkyl halides is 4. The molecule has 0 bridgehead atoms. The molecule has 0 aliphatic carbocycles. The Hall–Kier alpha value is -1.53. The van der Waals surface area contributed by atoms with E-state index in [0.29, 0.717) is 10.0 Å². The first-order valence-corrected chi connectivity index (χ1v) is 7.29. The number of ketones is 1. The summed E-state index contributed by atoms with van der Waals surface area (Å²) in [5.41, 5.74) is 0.263. The van der Waals surface area contributed by atoms with Gasteiger partial charge in [-0.1, -0.05) is 46.3 Å². The van der Waals surface area contributed by atoms with Crippen molar-refractivity contribution in [2.75, 3.05) is 0 Å². The van der Waals surface area contributed by atoms with Gasteiger partial charge in [-0.25, -0.2) is 0 Å². The second-order valence-electron chi connectivity index (χ2n) is 4.33. The van der Waals surface area contributed by atoms with Crippen molar-refractivity contribution in [1.29, 1.82) is 0 Å². The topological polar surface area (TPSA) is 26.3 Å². The van der Waals surface area contributed by atoms with Crippen molar-refractivity contribution < 1.29 is 22.7 Å². The first-order chi connectivity index (χ1) is 10.3. The van der Waals surface area contributed by atoms with E-state index in [2.05, 4.69) is 20.7 Å². The third kappa shape index (κ3) is 4.24. The lowest BCUT2D eigenvalue weighted by molar-refractivity contribution is -0.274. The standard InChI is InChI=1S/C15H9BrClF3O2/c16-10-6-7-11(12(8-10)22-15(18,19)20)14(21)13(17)9-4-2-1-3-5-9/h1-8,13H. The number of Topliss-reactive ketones (excluding diaryl/α,β-unsaturated/α-hetero) is 1. The van der Waals surface area contributed by atoms with Gasteiger partial charge in [0.1, 0.15) is 11.1 Å². The molecule has 7 heteroatoms. The van der Waals surface area contributed by atoms with Crippen LogP contribution in [-0.2, 0) is 0 Å². The molecule has 0 amide bonds. The van der Waals surface area contributed by atoms with Crippen LogP contribution < -0.4 is 4.74 Å². The fourth-order valence-electron chi connectivity index (χ4n) is 1.82. The fraction of sp³-hybridized carbons (Fsp3) is 0.133. The molecular formula is C15H9BrClF3O2. The first-order valence-electron chi connectivity index (χ1n) is 6.06. The van der Waals surface area contributed by atoms with Crippen LogP contribution in [0.15, 0.2) is 53.0 Å². The number of halogens is 5.